The largest absolute Gasteiger partial charge is 0.333 e. The normalized spacial score (nSPS) is 18.4. The van der Waals surface area contributed by atoms with Crippen molar-refractivity contribution in [3.8, 4) is 0 Å². The topological polar surface area (TPSA) is 4.93 Å². The van der Waals surface area contributed by atoms with E-state index in [2.05, 4.69) is 30.6 Å². The lowest BCUT2D eigenvalue weighted by atomic mass is 9.98. The minimum atomic E-state index is 0.692. The fourth-order valence-corrected chi connectivity index (χ4v) is 3.63. The van der Waals surface area contributed by atoms with Gasteiger partial charge in [0.05, 0.1) is 0 Å². The van der Waals surface area contributed by atoms with Gasteiger partial charge in [0.1, 0.15) is 4.64 Å². The fourth-order valence-electron chi connectivity index (χ4n) is 3.10. The van der Waals surface area contributed by atoms with E-state index in [1.54, 1.807) is 5.57 Å². The molecule has 0 aliphatic heterocycles. The van der Waals surface area contributed by atoms with Crippen LogP contribution in [-0.2, 0) is 6.42 Å². The Morgan fingerprint density at radius 3 is 2.67 bits per heavy atom. The molecule has 2 heteroatoms. The summed E-state index contributed by atoms with van der Waals surface area (Å²) in [7, 11) is 0. The zero-order valence-electron chi connectivity index (χ0n) is 11.3. The number of hydrogen-bond acceptors (Lipinski definition) is 1. The summed E-state index contributed by atoms with van der Waals surface area (Å²) < 4.78 is 3.56. The molecule has 0 saturated heterocycles. The molecule has 1 saturated carbocycles. The van der Waals surface area contributed by atoms with Gasteiger partial charge in [-0.1, -0.05) is 37.7 Å². The van der Waals surface area contributed by atoms with Gasteiger partial charge >= 0.3 is 0 Å². The van der Waals surface area contributed by atoms with Crippen LogP contribution in [0, 0.1) is 4.64 Å². The Kier molecular flexibility index (Phi) is 3.14. The summed E-state index contributed by atoms with van der Waals surface area (Å²) in [6, 6.07) is 3.08. The molecule has 2 aliphatic carbocycles. The van der Waals surface area contributed by atoms with E-state index in [1.165, 1.54) is 41.8 Å². The number of hydrogen-bond donors (Lipinski definition) is 0. The maximum absolute atomic E-state index is 5.81. The first-order valence-corrected chi connectivity index (χ1v) is 7.63. The Hall–Kier alpha value is -0.890. The van der Waals surface area contributed by atoms with E-state index < -0.39 is 0 Å². The van der Waals surface area contributed by atoms with Crippen molar-refractivity contribution >= 4 is 23.9 Å². The molecule has 0 radical (unpaired) electrons. The average molecular weight is 259 g/mol. The quantitative estimate of drug-likeness (QED) is 0.754. The first kappa shape index (κ1) is 12.2. The van der Waals surface area contributed by atoms with Gasteiger partial charge in [-0.25, -0.2) is 0 Å². The molecule has 0 spiro atoms. The van der Waals surface area contributed by atoms with Crippen LogP contribution in [-0.4, -0.2) is 4.57 Å². The predicted molar refractivity (Wildman–Crippen MR) is 79.6 cm³/mol. The van der Waals surface area contributed by atoms with Crippen molar-refractivity contribution in [2.75, 3.05) is 0 Å². The van der Waals surface area contributed by atoms with Crippen molar-refractivity contribution in [3.63, 3.8) is 0 Å². The molecule has 1 heterocycles. The lowest BCUT2D eigenvalue weighted by molar-refractivity contribution is 0.670. The van der Waals surface area contributed by atoms with E-state index in [4.69, 9.17) is 12.2 Å². The van der Waals surface area contributed by atoms with Crippen LogP contribution in [0.4, 0.5) is 0 Å². The molecule has 1 fully saturated rings. The Labute approximate surface area is 114 Å². The maximum atomic E-state index is 5.81. The van der Waals surface area contributed by atoms with E-state index >= 15 is 0 Å². The number of aromatic nitrogens is 1. The van der Waals surface area contributed by atoms with Crippen LogP contribution in [0.25, 0.3) is 11.6 Å². The van der Waals surface area contributed by atoms with Crippen LogP contribution in [0.3, 0.4) is 0 Å². The first-order valence-electron chi connectivity index (χ1n) is 7.23. The fraction of sp³-hybridized carbons (Fsp3) is 0.562. The van der Waals surface area contributed by atoms with Crippen molar-refractivity contribution in [2.45, 2.75) is 58.4 Å². The highest BCUT2D eigenvalue weighted by atomic mass is 32.1. The average Bonchev–Trinajstić information content (AvgIpc) is 3.21. The van der Waals surface area contributed by atoms with Crippen molar-refractivity contribution < 1.29 is 0 Å². The standard InChI is InChI=1S/C16H21NS/c1-3-11-6-5-7-12-10-13(4-2)17(14-8-9-14)16(18)15(11)12/h7,10,14H,3-6,8-9H2,1-2H3. The Morgan fingerprint density at radius 2 is 2.06 bits per heavy atom. The summed E-state index contributed by atoms with van der Waals surface area (Å²) >= 11 is 5.81. The number of aryl methyl sites for hydroxylation is 1. The summed E-state index contributed by atoms with van der Waals surface area (Å²) in [4.78, 5) is 0. The third-order valence-corrected chi connectivity index (χ3v) is 4.62. The van der Waals surface area contributed by atoms with Gasteiger partial charge in [-0.15, -0.1) is 0 Å². The highest BCUT2D eigenvalue weighted by Gasteiger charge is 2.26. The summed E-state index contributed by atoms with van der Waals surface area (Å²) in [5.74, 6) is 0. The molecular weight excluding hydrogens is 238 g/mol. The SMILES string of the molecule is CCC1=c2c(cc(CC)n(C3CC3)c2=S)=CCC1. The summed E-state index contributed by atoms with van der Waals surface area (Å²) in [5, 5.41) is 2.79. The third kappa shape index (κ3) is 1.87. The molecule has 1 nitrogen and oxygen atoms in total. The minimum Gasteiger partial charge on any atom is -0.333 e. The molecule has 0 unspecified atom stereocenters. The van der Waals surface area contributed by atoms with Crippen molar-refractivity contribution in [1.82, 2.24) is 4.57 Å². The van der Waals surface area contributed by atoms with Crippen molar-refractivity contribution in [3.05, 3.63) is 26.8 Å². The minimum absolute atomic E-state index is 0.692. The van der Waals surface area contributed by atoms with E-state index in [-0.39, 0.29) is 0 Å². The molecule has 96 valence electrons. The van der Waals surface area contributed by atoms with Gasteiger partial charge in [-0.3, -0.25) is 0 Å². The van der Waals surface area contributed by atoms with Gasteiger partial charge in [-0.2, -0.15) is 0 Å². The zero-order valence-corrected chi connectivity index (χ0v) is 12.1. The van der Waals surface area contributed by atoms with Crippen LogP contribution < -0.4 is 10.4 Å². The van der Waals surface area contributed by atoms with Crippen molar-refractivity contribution in [2.24, 2.45) is 0 Å². The molecule has 1 aromatic rings. The van der Waals surface area contributed by atoms with Gasteiger partial charge in [-0.05, 0) is 49.8 Å². The van der Waals surface area contributed by atoms with Gasteiger partial charge in [0.15, 0.2) is 0 Å². The van der Waals surface area contributed by atoms with Crippen LogP contribution in [0.1, 0.15) is 57.7 Å². The second-order valence-electron chi connectivity index (χ2n) is 5.43. The third-order valence-electron chi connectivity index (χ3n) is 4.22. The lowest BCUT2D eigenvalue weighted by Crippen LogP contribution is -2.35. The smallest absolute Gasteiger partial charge is 0.114 e. The summed E-state index contributed by atoms with van der Waals surface area (Å²) in [6.07, 6.45) is 9.60. The van der Waals surface area contributed by atoms with Gasteiger partial charge < -0.3 is 4.57 Å². The predicted octanol–water partition coefficient (Wildman–Crippen LogP) is 3.25. The van der Waals surface area contributed by atoms with Crippen molar-refractivity contribution in [1.29, 1.82) is 0 Å². The second-order valence-corrected chi connectivity index (χ2v) is 5.81. The molecule has 0 amide bonds. The molecule has 18 heavy (non-hydrogen) atoms. The maximum Gasteiger partial charge on any atom is 0.114 e. The number of nitrogens with zero attached hydrogens (tertiary/aromatic N) is 1. The molecular formula is C16H21NS. The first-order chi connectivity index (χ1) is 8.76. The van der Waals surface area contributed by atoms with E-state index in [0.717, 1.165) is 17.5 Å². The molecule has 0 bridgehead atoms. The summed E-state index contributed by atoms with van der Waals surface area (Å²) in [5.41, 5.74) is 2.99. The molecule has 0 atom stereocenters. The Balaban J connectivity index is 2.41. The van der Waals surface area contributed by atoms with E-state index in [1.807, 2.05) is 0 Å². The lowest BCUT2D eigenvalue weighted by Gasteiger charge is -2.17. The van der Waals surface area contributed by atoms with E-state index in [0.29, 0.717) is 6.04 Å². The van der Waals surface area contributed by atoms with Gasteiger partial charge in [0.25, 0.3) is 0 Å². The monoisotopic (exact) mass is 259 g/mol. The number of pyridine rings is 1. The number of rotatable bonds is 3. The highest BCUT2D eigenvalue weighted by Crippen LogP contribution is 2.35. The molecule has 1 aromatic heterocycles. The van der Waals surface area contributed by atoms with Crippen LogP contribution in [0.15, 0.2) is 6.07 Å². The van der Waals surface area contributed by atoms with Crippen LogP contribution >= 0.6 is 12.2 Å². The van der Waals surface area contributed by atoms with E-state index in [9.17, 15) is 0 Å². The molecule has 2 aliphatic rings. The molecule has 0 aromatic carbocycles. The second kappa shape index (κ2) is 4.65. The molecule has 3 rings (SSSR count). The highest BCUT2D eigenvalue weighted by molar-refractivity contribution is 7.71. The summed E-state index contributed by atoms with van der Waals surface area (Å²) in [6.45, 7) is 4.50. The zero-order chi connectivity index (χ0) is 12.7. The van der Waals surface area contributed by atoms with Gasteiger partial charge in [0.2, 0.25) is 0 Å². The Bertz CT molecular complexity index is 647. The van der Waals surface area contributed by atoms with Crippen LogP contribution in [0.5, 0.6) is 0 Å². The Morgan fingerprint density at radius 1 is 1.28 bits per heavy atom. The van der Waals surface area contributed by atoms with Crippen LogP contribution in [0.2, 0.25) is 0 Å². The molecule has 0 N–H and O–H groups in total. The van der Waals surface area contributed by atoms with Gasteiger partial charge in [0, 0.05) is 17.0 Å². The number of fused-ring (bicyclic) bond motifs is 1.